The SMILES string of the molecule is CC(C)(C)c1cc(NC(=O)C(=O)c2ccc(N(c3ccncc3)N3CCOCC3)c3ccccc23)no1. The van der Waals surface area contributed by atoms with Gasteiger partial charge < -0.3 is 14.6 Å². The van der Waals surface area contributed by atoms with Gasteiger partial charge in [-0.3, -0.25) is 19.6 Å². The molecule has 1 aliphatic rings. The molecule has 5 rings (SSSR count). The van der Waals surface area contributed by atoms with Crippen molar-refractivity contribution in [1.82, 2.24) is 15.1 Å². The van der Waals surface area contributed by atoms with Crippen LogP contribution in [0.25, 0.3) is 10.8 Å². The van der Waals surface area contributed by atoms with E-state index in [0.29, 0.717) is 43.0 Å². The molecule has 2 aromatic carbocycles. The van der Waals surface area contributed by atoms with Crippen molar-refractivity contribution in [2.24, 2.45) is 0 Å². The Labute approximate surface area is 215 Å². The van der Waals surface area contributed by atoms with E-state index in [1.54, 1.807) is 24.5 Å². The lowest BCUT2D eigenvalue weighted by Crippen LogP contribution is -2.46. The van der Waals surface area contributed by atoms with Crippen LogP contribution in [0.2, 0.25) is 0 Å². The number of carbonyl (C=O) groups is 2. The van der Waals surface area contributed by atoms with Gasteiger partial charge in [0.15, 0.2) is 5.82 Å². The molecule has 1 N–H and O–H groups in total. The monoisotopic (exact) mass is 499 g/mol. The van der Waals surface area contributed by atoms with Crippen molar-refractivity contribution in [3.8, 4) is 0 Å². The van der Waals surface area contributed by atoms with Crippen LogP contribution < -0.4 is 10.3 Å². The predicted octanol–water partition coefficient (Wildman–Crippen LogP) is 4.73. The standard InChI is InChI=1S/C28H29N5O4/c1-28(2,3)24-18-25(31-37-24)30-27(35)26(34)22-8-9-23(21-7-5-4-6-20(21)22)33(19-10-12-29-13-11-19)32-14-16-36-17-15-32/h4-13,18H,14-17H2,1-3H3,(H,30,31,35). The highest BCUT2D eigenvalue weighted by Gasteiger charge is 2.26. The lowest BCUT2D eigenvalue weighted by Gasteiger charge is -2.39. The Kier molecular flexibility index (Phi) is 6.73. The number of benzene rings is 2. The van der Waals surface area contributed by atoms with Gasteiger partial charge in [-0.15, -0.1) is 0 Å². The number of ketones is 1. The van der Waals surface area contributed by atoms with Crippen LogP contribution in [-0.2, 0) is 14.9 Å². The van der Waals surface area contributed by atoms with E-state index in [9.17, 15) is 9.59 Å². The van der Waals surface area contributed by atoms with Gasteiger partial charge >= 0.3 is 0 Å². The Morgan fingerprint density at radius 3 is 2.35 bits per heavy atom. The third-order valence-corrected chi connectivity index (χ3v) is 6.25. The maximum atomic E-state index is 13.3. The van der Waals surface area contributed by atoms with Crippen LogP contribution in [0.4, 0.5) is 17.2 Å². The van der Waals surface area contributed by atoms with Gasteiger partial charge in [0.25, 0.3) is 11.7 Å². The van der Waals surface area contributed by atoms with Crippen LogP contribution in [0.1, 0.15) is 36.9 Å². The number of nitrogens with zero attached hydrogens (tertiary/aromatic N) is 4. The molecule has 0 bridgehead atoms. The van der Waals surface area contributed by atoms with Gasteiger partial charge in [0.1, 0.15) is 5.76 Å². The molecule has 37 heavy (non-hydrogen) atoms. The number of Topliss-reactive ketones (excluding diaryl/α,β-unsaturated/α-hetero) is 1. The molecule has 0 saturated carbocycles. The van der Waals surface area contributed by atoms with Gasteiger partial charge in [-0.2, -0.15) is 0 Å². The molecule has 0 spiro atoms. The summed E-state index contributed by atoms with van der Waals surface area (Å²) >= 11 is 0. The number of anilines is 3. The van der Waals surface area contributed by atoms with E-state index < -0.39 is 11.7 Å². The van der Waals surface area contributed by atoms with Gasteiger partial charge in [-0.25, -0.2) is 5.01 Å². The minimum absolute atomic E-state index is 0.209. The number of morpholine rings is 1. The molecule has 2 aromatic heterocycles. The largest absolute Gasteiger partial charge is 0.379 e. The lowest BCUT2D eigenvalue weighted by atomic mass is 9.93. The fourth-order valence-corrected chi connectivity index (χ4v) is 4.34. The zero-order valence-electron chi connectivity index (χ0n) is 21.1. The van der Waals surface area contributed by atoms with Crippen molar-refractivity contribution in [2.45, 2.75) is 26.2 Å². The number of hydrogen-bond acceptors (Lipinski definition) is 8. The quantitative estimate of drug-likeness (QED) is 0.300. The predicted molar refractivity (Wildman–Crippen MR) is 141 cm³/mol. The Bertz CT molecular complexity index is 1420. The summed E-state index contributed by atoms with van der Waals surface area (Å²) in [6.45, 7) is 8.60. The topological polar surface area (TPSA) is 101 Å². The first-order valence-corrected chi connectivity index (χ1v) is 12.2. The summed E-state index contributed by atoms with van der Waals surface area (Å²) in [5, 5.41) is 12.4. The van der Waals surface area contributed by atoms with Crippen molar-refractivity contribution >= 4 is 39.7 Å². The first-order valence-electron chi connectivity index (χ1n) is 12.2. The molecule has 1 amide bonds. The van der Waals surface area contributed by atoms with Gasteiger partial charge in [-0.05, 0) is 29.7 Å². The Morgan fingerprint density at radius 1 is 0.973 bits per heavy atom. The van der Waals surface area contributed by atoms with Crippen molar-refractivity contribution in [2.75, 3.05) is 36.6 Å². The van der Waals surface area contributed by atoms with Crippen molar-refractivity contribution in [3.05, 3.63) is 78.3 Å². The summed E-state index contributed by atoms with van der Waals surface area (Å²) in [5.41, 5.74) is 1.88. The number of pyridine rings is 1. The molecule has 0 aliphatic carbocycles. The first kappa shape index (κ1) is 24.6. The van der Waals surface area contributed by atoms with Crippen LogP contribution in [0, 0.1) is 0 Å². The highest BCUT2D eigenvalue weighted by Crippen LogP contribution is 2.36. The van der Waals surface area contributed by atoms with E-state index >= 15 is 0 Å². The average Bonchev–Trinajstić information content (AvgIpc) is 3.39. The third-order valence-electron chi connectivity index (χ3n) is 6.25. The molecule has 1 aliphatic heterocycles. The van der Waals surface area contributed by atoms with E-state index in [1.165, 1.54) is 0 Å². The van der Waals surface area contributed by atoms with Crippen LogP contribution in [-0.4, -0.2) is 53.1 Å². The van der Waals surface area contributed by atoms with Crippen molar-refractivity contribution in [1.29, 1.82) is 0 Å². The van der Waals surface area contributed by atoms with Crippen molar-refractivity contribution in [3.63, 3.8) is 0 Å². The Morgan fingerprint density at radius 2 is 1.68 bits per heavy atom. The molecule has 190 valence electrons. The summed E-state index contributed by atoms with van der Waals surface area (Å²) in [4.78, 5) is 30.4. The number of rotatable bonds is 6. The van der Waals surface area contributed by atoms with Crippen LogP contribution >= 0.6 is 0 Å². The molecule has 1 fully saturated rings. The molecular formula is C28H29N5O4. The van der Waals surface area contributed by atoms with Crippen LogP contribution in [0.5, 0.6) is 0 Å². The second kappa shape index (κ2) is 10.1. The van der Waals surface area contributed by atoms with E-state index in [1.807, 2.05) is 63.2 Å². The molecule has 9 heteroatoms. The van der Waals surface area contributed by atoms with E-state index in [-0.39, 0.29) is 11.2 Å². The highest BCUT2D eigenvalue weighted by atomic mass is 16.5. The molecule has 0 unspecified atom stereocenters. The zero-order valence-corrected chi connectivity index (χ0v) is 21.1. The van der Waals surface area contributed by atoms with Crippen molar-refractivity contribution < 1.29 is 18.8 Å². The molecule has 9 nitrogen and oxygen atoms in total. The molecule has 1 saturated heterocycles. The minimum atomic E-state index is -0.772. The Hall–Kier alpha value is -4.08. The number of hydrazine groups is 1. The highest BCUT2D eigenvalue weighted by molar-refractivity contribution is 6.48. The average molecular weight is 500 g/mol. The van der Waals surface area contributed by atoms with E-state index in [2.05, 4.69) is 25.5 Å². The van der Waals surface area contributed by atoms with Crippen LogP contribution in [0.3, 0.4) is 0 Å². The number of fused-ring (bicyclic) bond motifs is 1. The second-order valence-corrected chi connectivity index (χ2v) is 9.87. The smallest absolute Gasteiger partial charge is 0.298 e. The zero-order chi connectivity index (χ0) is 26.0. The normalized spacial score (nSPS) is 14.5. The number of amides is 1. The number of aromatic nitrogens is 2. The van der Waals surface area contributed by atoms with Crippen LogP contribution in [0.15, 0.2) is 71.5 Å². The fraction of sp³-hybridized carbons (Fsp3) is 0.286. The van der Waals surface area contributed by atoms with Gasteiger partial charge in [0.2, 0.25) is 0 Å². The third kappa shape index (κ3) is 5.09. The van der Waals surface area contributed by atoms with Gasteiger partial charge in [-0.1, -0.05) is 50.2 Å². The second-order valence-electron chi connectivity index (χ2n) is 9.87. The summed E-state index contributed by atoms with van der Waals surface area (Å²) in [5.74, 6) is -0.597. The lowest BCUT2D eigenvalue weighted by molar-refractivity contribution is -0.112. The maximum Gasteiger partial charge on any atom is 0.298 e. The molecule has 4 aromatic rings. The molecule has 0 atom stereocenters. The fourth-order valence-electron chi connectivity index (χ4n) is 4.34. The summed E-state index contributed by atoms with van der Waals surface area (Å²) in [6, 6.07) is 16.7. The maximum absolute atomic E-state index is 13.3. The first-order chi connectivity index (χ1) is 17.8. The van der Waals surface area contributed by atoms with Gasteiger partial charge in [0.05, 0.1) is 24.6 Å². The summed E-state index contributed by atoms with van der Waals surface area (Å²) in [7, 11) is 0. The number of hydrogen-bond donors (Lipinski definition) is 1. The Balaban J connectivity index is 1.50. The van der Waals surface area contributed by atoms with E-state index in [0.717, 1.165) is 16.8 Å². The molecule has 3 heterocycles. The minimum Gasteiger partial charge on any atom is -0.379 e. The number of carbonyl (C=O) groups excluding carboxylic acids is 2. The number of ether oxygens (including phenoxy) is 1. The van der Waals surface area contributed by atoms with Gasteiger partial charge in [0, 0.05) is 47.9 Å². The molecular weight excluding hydrogens is 470 g/mol. The van der Waals surface area contributed by atoms with E-state index in [4.69, 9.17) is 9.26 Å². The summed E-state index contributed by atoms with van der Waals surface area (Å²) in [6.07, 6.45) is 3.50. The number of nitrogens with one attached hydrogen (secondary N) is 1. The molecule has 0 radical (unpaired) electrons. The summed E-state index contributed by atoms with van der Waals surface area (Å²) < 4.78 is 10.9.